The summed E-state index contributed by atoms with van der Waals surface area (Å²) in [5.74, 6) is -3.96. The smallest absolute Gasteiger partial charge is 0.347 e. The number of nitrogens with one attached hydrogen (secondary N) is 1. The lowest BCUT2D eigenvalue weighted by atomic mass is 10.2. The number of carbonyl (C=O) groups excluding carboxylic acids is 5. The molecule has 1 aliphatic heterocycles. The molecule has 1 aromatic heterocycles. The van der Waals surface area contributed by atoms with Crippen molar-refractivity contribution in [3.63, 3.8) is 0 Å². The van der Waals surface area contributed by atoms with Crippen LogP contribution in [0.15, 0.2) is 34.0 Å². The maximum Gasteiger partial charge on any atom is 0.347 e. The number of hydrogen-bond acceptors (Lipinski definition) is 13. The molecule has 2 heterocycles. The standard InChI is InChI=1S/C25H28BrN5O9/c1-12(38-23(35)14(3)40-24(36)15(4)39-22(34)13(2)37-16(5)32)21(33)31-11-10-29-25(31)30-17-6-7-18-20(19(17)26)28-9-8-27-18/h6-9,12-15H,10-11H2,1-5H3,(H,29,30)/t12-,13-,14-,15-/m0/s1. The molecule has 4 atom stereocenters. The van der Waals surface area contributed by atoms with Crippen LogP contribution in [0, 0.1) is 0 Å². The number of hydrogen-bond donors (Lipinski definition) is 1. The minimum absolute atomic E-state index is 0.257. The van der Waals surface area contributed by atoms with Crippen molar-refractivity contribution in [1.29, 1.82) is 0 Å². The van der Waals surface area contributed by atoms with Gasteiger partial charge >= 0.3 is 23.9 Å². The second-order valence-electron chi connectivity index (χ2n) is 8.66. The predicted molar refractivity (Wildman–Crippen MR) is 143 cm³/mol. The van der Waals surface area contributed by atoms with Crippen molar-refractivity contribution < 1.29 is 42.9 Å². The average molecular weight is 622 g/mol. The molecule has 0 bridgehead atoms. The Morgan fingerprint density at radius 1 is 0.850 bits per heavy atom. The van der Waals surface area contributed by atoms with E-state index >= 15 is 0 Å². The van der Waals surface area contributed by atoms with Gasteiger partial charge in [0.05, 0.1) is 22.2 Å². The molecule has 214 valence electrons. The molecular weight excluding hydrogens is 594 g/mol. The Labute approximate surface area is 237 Å². The Morgan fingerprint density at radius 3 is 2.00 bits per heavy atom. The molecular formula is C25H28BrN5O9. The Hall–Kier alpha value is -4.14. The summed E-state index contributed by atoms with van der Waals surface area (Å²) in [5, 5.41) is 3.10. The van der Waals surface area contributed by atoms with Crippen molar-refractivity contribution in [2.75, 3.05) is 18.4 Å². The normalized spacial score (nSPS) is 15.8. The van der Waals surface area contributed by atoms with Crippen LogP contribution in [-0.4, -0.2) is 88.1 Å². The van der Waals surface area contributed by atoms with Gasteiger partial charge in [-0.25, -0.2) is 14.4 Å². The molecule has 14 nitrogen and oxygen atoms in total. The van der Waals surface area contributed by atoms with E-state index in [1.165, 1.54) is 32.6 Å². The van der Waals surface area contributed by atoms with Gasteiger partial charge in [0.2, 0.25) is 5.96 Å². The third kappa shape index (κ3) is 7.49. The van der Waals surface area contributed by atoms with Crippen molar-refractivity contribution in [1.82, 2.24) is 14.9 Å². The summed E-state index contributed by atoms with van der Waals surface area (Å²) in [5.41, 5.74) is 1.91. The summed E-state index contributed by atoms with van der Waals surface area (Å²) in [6.07, 6.45) is -2.12. The Morgan fingerprint density at radius 2 is 1.40 bits per heavy atom. The van der Waals surface area contributed by atoms with Crippen molar-refractivity contribution >= 4 is 68.4 Å². The number of fused-ring (bicyclic) bond motifs is 1. The minimum atomic E-state index is -1.41. The Bertz CT molecular complexity index is 1350. The van der Waals surface area contributed by atoms with Gasteiger partial charge in [-0.2, -0.15) is 0 Å². The summed E-state index contributed by atoms with van der Waals surface area (Å²) in [6.45, 7) is 6.85. The second kappa shape index (κ2) is 13.3. The van der Waals surface area contributed by atoms with Gasteiger partial charge in [-0.05, 0) is 55.8 Å². The fourth-order valence-electron chi connectivity index (χ4n) is 3.46. The van der Waals surface area contributed by atoms with Crippen LogP contribution in [0.4, 0.5) is 5.69 Å². The van der Waals surface area contributed by atoms with Gasteiger partial charge in [-0.1, -0.05) is 0 Å². The number of esters is 4. The molecule has 1 aliphatic rings. The van der Waals surface area contributed by atoms with E-state index in [1.54, 1.807) is 24.5 Å². The number of guanidine groups is 1. The number of rotatable bonds is 9. The lowest BCUT2D eigenvalue weighted by Gasteiger charge is -2.24. The van der Waals surface area contributed by atoms with Gasteiger partial charge in [0.25, 0.3) is 5.91 Å². The molecule has 2 aromatic rings. The topological polar surface area (TPSA) is 176 Å². The maximum absolute atomic E-state index is 13.1. The highest BCUT2D eigenvalue weighted by molar-refractivity contribution is 9.10. The van der Waals surface area contributed by atoms with Crippen molar-refractivity contribution in [3.05, 3.63) is 29.0 Å². The fourth-order valence-corrected chi connectivity index (χ4v) is 4.00. The van der Waals surface area contributed by atoms with Crippen molar-refractivity contribution in [2.45, 2.75) is 59.0 Å². The zero-order valence-corrected chi connectivity index (χ0v) is 24.0. The summed E-state index contributed by atoms with van der Waals surface area (Å²) in [4.78, 5) is 75.0. The van der Waals surface area contributed by atoms with Crippen LogP contribution in [0.2, 0.25) is 0 Å². The highest BCUT2D eigenvalue weighted by Gasteiger charge is 2.33. The molecule has 0 fully saturated rings. The number of carbonyl (C=O) groups is 5. The van der Waals surface area contributed by atoms with E-state index in [0.29, 0.717) is 27.7 Å². The van der Waals surface area contributed by atoms with E-state index < -0.39 is 54.2 Å². The lowest BCUT2D eigenvalue weighted by Crippen LogP contribution is -2.45. The molecule has 15 heteroatoms. The van der Waals surface area contributed by atoms with Crippen LogP contribution in [0.1, 0.15) is 34.6 Å². The van der Waals surface area contributed by atoms with Crippen molar-refractivity contribution in [2.24, 2.45) is 4.99 Å². The third-order valence-corrected chi connectivity index (χ3v) is 6.30. The summed E-state index contributed by atoms with van der Waals surface area (Å²) in [6, 6.07) is 3.53. The van der Waals surface area contributed by atoms with Gasteiger partial charge in [0.1, 0.15) is 5.52 Å². The van der Waals surface area contributed by atoms with E-state index in [0.717, 1.165) is 6.92 Å². The zero-order valence-electron chi connectivity index (χ0n) is 22.4. The zero-order chi connectivity index (χ0) is 29.6. The maximum atomic E-state index is 13.1. The highest BCUT2D eigenvalue weighted by Crippen LogP contribution is 2.29. The third-order valence-electron chi connectivity index (χ3n) is 5.50. The Kier molecular flexibility index (Phi) is 10.1. The SMILES string of the molecule is CC(=O)O[C@@H](C)C(=O)O[C@@H](C)C(=O)O[C@@H](C)C(=O)O[C@@H](C)C(=O)N1CCN=C1Nc1ccc2nccnc2c1Br. The van der Waals surface area contributed by atoms with Crippen LogP contribution in [-0.2, 0) is 42.9 Å². The van der Waals surface area contributed by atoms with Crippen LogP contribution in [0.3, 0.4) is 0 Å². The van der Waals surface area contributed by atoms with E-state index in [-0.39, 0.29) is 12.5 Å². The summed E-state index contributed by atoms with van der Waals surface area (Å²) >= 11 is 3.50. The van der Waals surface area contributed by atoms with Gasteiger partial charge in [-0.15, -0.1) is 0 Å². The van der Waals surface area contributed by atoms with Crippen molar-refractivity contribution in [3.8, 4) is 0 Å². The number of amides is 1. The summed E-state index contributed by atoms with van der Waals surface area (Å²) < 4.78 is 20.5. The molecule has 3 rings (SSSR count). The molecule has 0 unspecified atom stereocenters. The number of halogens is 1. The molecule has 40 heavy (non-hydrogen) atoms. The van der Waals surface area contributed by atoms with Crippen LogP contribution in [0.5, 0.6) is 0 Å². The molecule has 1 N–H and O–H groups in total. The number of aromatic nitrogens is 2. The monoisotopic (exact) mass is 621 g/mol. The Balaban J connectivity index is 1.54. The van der Waals surface area contributed by atoms with Gasteiger partial charge < -0.3 is 24.3 Å². The highest BCUT2D eigenvalue weighted by atomic mass is 79.9. The first-order valence-corrected chi connectivity index (χ1v) is 13.0. The first-order chi connectivity index (χ1) is 18.9. The predicted octanol–water partition coefficient (Wildman–Crippen LogP) is 1.75. The van der Waals surface area contributed by atoms with Gasteiger partial charge in [0.15, 0.2) is 24.4 Å². The average Bonchev–Trinajstić information content (AvgIpc) is 3.37. The van der Waals surface area contributed by atoms with Crippen LogP contribution >= 0.6 is 15.9 Å². The number of anilines is 1. The molecule has 0 saturated heterocycles. The van der Waals surface area contributed by atoms with Crippen LogP contribution < -0.4 is 5.32 Å². The van der Waals surface area contributed by atoms with E-state index in [1.807, 2.05) is 0 Å². The lowest BCUT2D eigenvalue weighted by molar-refractivity contribution is -0.183. The van der Waals surface area contributed by atoms with Gasteiger partial charge in [-0.3, -0.25) is 29.4 Å². The van der Waals surface area contributed by atoms with Gasteiger partial charge in [0, 0.05) is 25.9 Å². The molecule has 0 radical (unpaired) electrons. The first kappa shape index (κ1) is 30.4. The van der Waals surface area contributed by atoms with Crippen LogP contribution in [0.25, 0.3) is 11.0 Å². The molecule has 1 aromatic carbocycles. The van der Waals surface area contributed by atoms with E-state index in [4.69, 9.17) is 14.2 Å². The molecule has 0 aliphatic carbocycles. The number of nitrogens with zero attached hydrogens (tertiary/aromatic N) is 4. The number of benzene rings is 1. The second-order valence-corrected chi connectivity index (χ2v) is 9.45. The first-order valence-electron chi connectivity index (χ1n) is 12.2. The number of aliphatic imine (C=N–C) groups is 1. The molecule has 0 spiro atoms. The van der Waals surface area contributed by atoms with E-state index in [2.05, 4.69) is 40.9 Å². The number of ether oxygens (including phenoxy) is 4. The molecule has 0 saturated carbocycles. The fraction of sp³-hybridized carbons (Fsp3) is 0.440. The largest absolute Gasteiger partial charge is 0.451 e. The molecule has 1 amide bonds. The minimum Gasteiger partial charge on any atom is -0.451 e. The van der Waals surface area contributed by atoms with E-state index in [9.17, 15) is 24.0 Å². The summed E-state index contributed by atoms with van der Waals surface area (Å²) in [7, 11) is 0. The quantitative estimate of drug-likeness (QED) is 0.317.